The van der Waals surface area contributed by atoms with Crippen molar-refractivity contribution in [2.24, 2.45) is 0 Å². The second-order valence-corrected chi connectivity index (χ2v) is 7.23. The quantitative estimate of drug-likeness (QED) is 0.511. The number of amides is 3. The van der Waals surface area contributed by atoms with Gasteiger partial charge >= 0.3 is 6.09 Å². The molecule has 0 unspecified atom stereocenters. The fraction of sp³-hybridized carbons (Fsp3) is 0.471. The van der Waals surface area contributed by atoms with Gasteiger partial charge in [0, 0.05) is 29.7 Å². The third-order valence-corrected chi connectivity index (χ3v) is 5.21. The molecule has 0 N–H and O–H groups in total. The Labute approximate surface area is 160 Å². The van der Waals surface area contributed by atoms with E-state index in [1.165, 1.54) is 4.90 Å². The Morgan fingerprint density at radius 3 is 2.40 bits per heavy atom. The Morgan fingerprint density at radius 2 is 1.80 bits per heavy atom. The summed E-state index contributed by atoms with van der Waals surface area (Å²) in [6.45, 7) is 4.24. The van der Waals surface area contributed by atoms with Crippen LogP contribution in [-0.4, -0.2) is 66.5 Å². The zero-order valence-electron chi connectivity index (χ0n) is 14.0. The van der Waals surface area contributed by atoms with Crippen LogP contribution in [0.5, 0.6) is 0 Å². The van der Waals surface area contributed by atoms with Crippen molar-refractivity contribution in [2.75, 3.05) is 37.7 Å². The van der Waals surface area contributed by atoms with Crippen LogP contribution in [0.3, 0.4) is 0 Å². The first kappa shape index (κ1) is 18.1. The number of piperazine rings is 1. The monoisotopic (exact) mass is 457 g/mol. The second-order valence-electron chi connectivity index (χ2n) is 5.99. The van der Waals surface area contributed by atoms with Crippen molar-refractivity contribution in [3.8, 4) is 0 Å². The topological polar surface area (TPSA) is 70.2 Å². The zero-order valence-corrected chi connectivity index (χ0v) is 16.1. The predicted molar refractivity (Wildman–Crippen MR) is 100 cm³/mol. The van der Waals surface area contributed by atoms with Gasteiger partial charge in [-0.05, 0) is 53.8 Å². The average Bonchev–Trinajstić information content (AvgIpc) is 2.91. The summed E-state index contributed by atoms with van der Waals surface area (Å²) >= 11 is 2.18. The van der Waals surface area contributed by atoms with E-state index in [4.69, 9.17) is 4.74 Å². The molecule has 2 saturated heterocycles. The molecule has 0 aromatic heterocycles. The van der Waals surface area contributed by atoms with Crippen molar-refractivity contribution in [1.82, 2.24) is 9.80 Å². The molecule has 3 rings (SSSR count). The lowest BCUT2D eigenvalue weighted by Crippen LogP contribution is -2.54. The Balaban J connectivity index is 1.65. The second kappa shape index (κ2) is 7.69. The highest BCUT2D eigenvalue weighted by atomic mass is 127. The molecule has 2 aliphatic rings. The molecule has 2 fully saturated rings. The highest BCUT2D eigenvalue weighted by Gasteiger charge is 2.43. The van der Waals surface area contributed by atoms with E-state index in [2.05, 4.69) is 22.6 Å². The summed E-state index contributed by atoms with van der Waals surface area (Å²) in [5.41, 5.74) is 0.614. The van der Waals surface area contributed by atoms with Crippen molar-refractivity contribution in [1.29, 1.82) is 0 Å². The normalized spacial score (nSPS) is 21.8. The molecule has 25 heavy (non-hydrogen) atoms. The summed E-state index contributed by atoms with van der Waals surface area (Å²) in [5, 5.41) is 0. The van der Waals surface area contributed by atoms with Crippen LogP contribution in [0.4, 0.5) is 10.5 Å². The van der Waals surface area contributed by atoms with E-state index in [0.29, 0.717) is 38.5 Å². The van der Waals surface area contributed by atoms with Crippen molar-refractivity contribution < 1.29 is 19.1 Å². The first-order valence-electron chi connectivity index (χ1n) is 8.29. The number of imide groups is 1. The zero-order chi connectivity index (χ0) is 18.0. The largest absolute Gasteiger partial charge is 0.450 e. The number of carbonyl (C=O) groups is 3. The van der Waals surface area contributed by atoms with Crippen molar-refractivity contribution in [2.45, 2.75) is 19.4 Å². The van der Waals surface area contributed by atoms with Crippen LogP contribution >= 0.6 is 22.6 Å². The molecule has 134 valence electrons. The third-order valence-electron chi connectivity index (χ3n) is 4.49. The van der Waals surface area contributed by atoms with Gasteiger partial charge in [-0.1, -0.05) is 0 Å². The van der Waals surface area contributed by atoms with Crippen LogP contribution in [0.1, 0.15) is 13.3 Å². The van der Waals surface area contributed by atoms with Gasteiger partial charge < -0.3 is 9.64 Å². The van der Waals surface area contributed by atoms with E-state index in [1.54, 1.807) is 24.0 Å². The van der Waals surface area contributed by atoms with Crippen molar-refractivity contribution in [3.63, 3.8) is 0 Å². The lowest BCUT2D eigenvalue weighted by molar-refractivity contribution is -0.123. The first-order chi connectivity index (χ1) is 12.0. The summed E-state index contributed by atoms with van der Waals surface area (Å²) in [6.07, 6.45) is -0.138. The van der Waals surface area contributed by atoms with Gasteiger partial charge in [-0.2, -0.15) is 0 Å². The lowest BCUT2D eigenvalue weighted by Gasteiger charge is -2.36. The Morgan fingerprint density at radius 1 is 1.16 bits per heavy atom. The number of anilines is 1. The van der Waals surface area contributed by atoms with E-state index >= 15 is 0 Å². The van der Waals surface area contributed by atoms with Crippen LogP contribution in [0.25, 0.3) is 0 Å². The number of hydrogen-bond acceptors (Lipinski definition) is 5. The Kier molecular flexibility index (Phi) is 5.57. The third kappa shape index (κ3) is 3.79. The molecular weight excluding hydrogens is 437 g/mol. The number of carbonyl (C=O) groups excluding carboxylic acids is 3. The van der Waals surface area contributed by atoms with Gasteiger partial charge in [-0.3, -0.25) is 14.5 Å². The van der Waals surface area contributed by atoms with E-state index in [0.717, 1.165) is 3.57 Å². The van der Waals surface area contributed by atoms with Crippen LogP contribution in [0.2, 0.25) is 0 Å². The van der Waals surface area contributed by atoms with E-state index in [1.807, 2.05) is 17.0 Å². The molecule has 0 radical (unpaired) electrons. The molecule has 1 atom stereocenters. The maximum absolute atomic E-state index is 12.8. The summed E-state index contributed by atoms with van der Waals surface area (Å²) in [4.78, 5) is 41.8. The SMILES string of the molecule is CCOC(=O)N1CCN([C@@H]2CC(=O)N(c3ccc(I)cc3)C2=O)CC1. The summed E-state index contributed by atoms with van der Waals surface area (Å²) < 4.78 is 6.05. The molecule has 1 aromatic rings. The van der Waals surface area contributed by atoms with Crippen molar-refractivity contribution in [3.05, 3.63) is 27.8 Å². The minimum Gasteiger partial charge on any atom is -0.450 e. The molecule has 0 bridgehead atoms. The molecule has 7 nitrogen and oxygen atoms in total. The highest BCUT2D eigenvalue weighted by molar-refractivity contribution is 14.1. The van der Waals surface area contributed by atoms with Crippen LogP contribution < -0.4 is 4.90 Å². The molecular formula is C17H20IN3O4. The van der Waals surface area contributed by atoms with Gasteiger partial charge in [-0.15, -0.1) is 0 Å². The lowest BCUT2D eigenvalue weighted by atomic mass is 10.2. The van der Waals surface area contributed by atoms with E-state index < -0.39 is 6.04 Å². The minimum atomic E-state index is -0.448. The number of benzene rings is 1. The van der Waals surface area contributed by atoms with E-state index in [-0.39, 0.29) is 24.3 Å². The number of hydrogen-bond donors (Lipinski definition) is 0. The van der Waals surface area contributed by atoms with Crippen LogP contribution in [0.15, 0.2) is 24.3 Å². The van der Waals surface area contributed by atoms with Crippen LogP contribution in [0, 0.1) is 3.57 Å². The molecule has 0 spiro atoms. The smallest absolute Gasteiger partial charge is 0.409 e. The summed E-state index contributed by atoms with van der Waals surface area (Å²) in [5.74, 6) is -0.361. The molecule has 1 aromatic carbocycles. The predicted octanol–water partition coefficient (Wildman–Crippen LogP) is 1.70. The van der Waals surface area contributed by atoms with Gasteiger partial charge in [0.05, 0.1) is 24.8 Å². The van der Waals surface area contributed by atoms with Gasteiger partial charge in [0.15, 0.2) is 0 Å². The van der Waals surface area contributed by atoms with Gasteiger partial charge in [0.1, 0.15) is 0 Å². The van der Waals surface area contributed by atoms with E-state index in [9.17, 15) is 14.4 Å². The van der Waals surface area contributed by atoms with Gasteiger partial charge in [0.2, 0.25) is 5.91 Å². The van der Waals surface area contributed by atoms with Crippen molar-refractivity contribution >= 4 is 46.2 Å². The number of ether oxygens (including phenoxy) is 1. The summed E-state index contributed by atoms with van der Waals surface area (Å²) in [7, 11) is 0. The van der Waals surface area contributed by atoms with Gasteiger partial charge in [0.25, 0.3) is 5.91 Å². The molecule has 2 aliphatic heterocycles. The molecule has 0 saturated carbocycles. The number of nitrogens with zero attached hydrogens (tertiary/aromatic N) is 3. The molecule has 2 heterocycles. The standard InChI is InChI=1S/C17H20IN3O4/c1-2-25-17(24)20-9-7-19(8-10-20)14-11-15(22)21(16(14)23)13-5-3-12(18)4-6-13/h3-6,14H,2,7-11H2,1H3/t14-/m1/s1. The fourth-order valence-electron chi connectivity index (χ4n) is 3.19. The highest BCUT2D eigenvalue weighted by Crippen LogP contribution is 2.27. The Bertz CT molecular complexity index is 671. The minimum absolute atomic E-state index is 0.177. The molecule has 8 heteroatoms. The Hall–Kier alpha value is -1.68. The number of rotatable bonds is 3. The van der Waals surface area contributed by atoms with Gasteiger partial charge in [-0.25, -0.2) is 9.69 Å². The fourth-order valence-corrected chi connectivity index (χ4v) is 3.55. The van der Waals surface area contributed by atoms with Crippen LogP contribution in [-0.2, 0) is 14.3 Å². The summed E-state index contributed by atoms with van der Waals surface area (Å²) in [6, 6.07) is 6.89. The average molecular weight is 457 g/mol. The maximum atomic E-state index is 12.8. The number of halogens is 1. The first-order valence-corrected chi connectivity index (χ1v) is 9.37. The molecule has 0 aliphatic carbocycles. The maximum Gasteiger partial charge on any atom is 0.409 e. The molecule has 3 amide bonds.